The Labute approximate surface area is 223 Å². The smallest absolute Gasteiger partial charge is 0.0849 e. The Bertz CT molecular complexity index is 1250. The number of fused-ring (bicyclic) bond motifs is 8. The van der Waals surface area contributed by atoms with Crippen LogP contribution in [-0.4, -0.2) is 9.97 Å². The number of aromatic nitrogens is 2. The summed E-state index contributed by atoms with van der Waals surface area (Å²) >= 11 is 9.74. The Morgan fingerprint density at radius 2 is 1.03 bits per heavy atom. The van der Waals surface area contributed by atoms with Crippen LogP contribution in [0.15, 0.2) is 36.4 Å². The minimum absolute atomic E-state index is 0.508. The molecule has 0 saturated heterocycles. The van der Waals surface area contributed by atoms with Gasteiger partial charge in [-0.1, -0.05) is 0 Å². The Morgan fingerprint density at radius 3 is 1.48 bits per heavy atom. The van der Waals surface area contributed by atoms with Gasteiger partial charge in [0.15, 0.2) is 0 Å². The highest BCUT2D eigenvalue weighted by atomic mass is 127. The molecule has 2 nitrogen and oxygen atoms in total. The van der Waals surface area contributed by atoms with Gasteiger partial charge in [0.05, 0.1) is 11.0 Å². The summed E-state index contributed by atoms with van der Waals surface area (Å²) in [5.74, 6) is 1.02. The molecule has 6 heteroatoms. The Kier molecular flexibility index (Phi) is 5.03. The molecule has 0 radical (unpaired) electrons. The van der Waals surface area contributed by atoms with Gasteiger partial charge in [0.1, 0.15) is 0 Å². The van der Waals surface area contributed by atoms with Crippen molar-refractivity contribution in [3.8, 4) is 0 Å². The first kappa shape index (κ1) is 19.8. The van der Waals surface area contributed by atoms with E-state index in [0.717, 1.165) is 12.8 Å². The first-order chi connectivity index (χ1) is 14.0. The van der Waals surface area contributed by atoms with E-state index in [2.05, 4.69) is 127 Å². The summed E-state index contributed by atoms with van der Waals surface area (Å²) in [4.78, 5) is 10.5. The molecule has 6 rings (SSSR count). The van der Waals surface area contributed by atoms with Crippen LogP contribution in [0.5, 0.6) is 0 Å². The Balaban J connectivity index is 1.55. The van der Waals surface area contributed by atoms with Gasteiger partial charge < -0.3 is 0 Å². The van der Waals surface area contributed by atoms with Crippen molar-refractivity contribution >= 4 is 112 Å². The molecule has 0 N–H and O–H groups in total. The van der Waals surface area contributed by atoms with Gasteiger partial charge in [-0.2, -0.15) is 0 Å². The number of hydrogen-bond acceptors (Lipinski definition) is 2. The molecule has 2 bridgehead atoms. The van der Waals surface area contributed by atoms with E-state index in [-0.39, 0.29) is 0 Å². The molecule has 0 aliphatic heterocycles. The molecule has 144 valence electrons. The van der Waals surface area contributed by atoms with Crippen LogP contribution in [0.1, 0.15) is 40.8 Å². The largest absolute Gasteiger partial charge is 0.251 e. The predicted molar refractivity (Wildman–Crippen MR) is 152 cm³/mol. The lowest BCUT2D eigenvalue weighted by Gasteiger charge is -2.36. The van der Waals surface area contributed by atoms with Crippen molar-refractivity contribution in [2.75, 3.05) is 0 Å². The Morgan fingerprint density at radius 1 is 0.621 bits per heavy atom. The third-order valence-corrected chi connectivity index (χ3v) is 9.89. The maximum absolute atomic E-state index is 5.23. The van der Waals surface area contributed by atoms with Crippen LogP contribution in [0.3, 0.4) is 0 Å². The summed E-state index contributed by atoms with van der Waals surface area (Å²) in [6.45, 7) is 0. The van der Waals surface area contributed by atoms with Gasteiger partial charge in [0.2, 0.25) is 0 Å². The zero-order chi connectivity index (χ0) is 19.9. The van der Waals surface area contributed by atoms with Crippen molar-refractivity contribution in [1.82, 2.24) is 9.97 Å². The van der Waals surface area contributed by atoms with E-state index in [4.69, 9.17) is 9.97 Å². The van der Waals surface area contributed by atoms with E-state index in [9.17, 15) is 0 Å². The molecular formula is C23H14I4N2. The zero-order valence-corrected chi connectivity index (χ0v) is 23.8. The van der Waals surface area contributed by atoms with Gasteiger partial charge >= 0.3 is 0 Å². The molecule has 0 amide bonds. The normalized spacial score (nSPS) is 20.0. The van der Waals surface area contributed by atoms with Crippen molar-refractivity contribution in [2.24, 2.45) is 0 Å². The van der Waals surface area contributed by atoms with Gasteiger partial charge in [0, 0.05) is 48.3 Å². The average molecular weight is 826 g/mol. The first-order valence-electron chi connectivity index (χ1n) is 9.54. The maximum atomic E-state index is 5.23. The molecule has 2 aromatic carbocycles. The fourth-order valence-electron chi connectivity index (χ4n) is 4.99. The SMILES string of the molecule is Ic1ccc(I)c2nc3c(cc12)CC1CC3Cc2cc3c(I)ccc(I)c3nc21. The monoisotopic (exact) mass is 826 g/mol. The molecule has 0 spiro atoms. The predicted octanol–water partition coefficient (Wildman–Crippen LogP) is 7.57. The van der Waals surface area contributed by atoms with Crippen LogP contribution in [0, 0.1) is 14.3 Å². The second-order valence-electron chi connectivity index (χ2n) is 7.95. The zero-order valence-electron chi connectivity index (χ0n) is 15.1. The number of halogens is 4. The quantitative estimate of drug-likeness (QED) is 0.171. The van der Waals surface area contributed by atoms with Gasteiger partial charge in [-0.3, -0.25) is 9.97 Å². The molecule has 2 atom stereocenters. The van der Waals surface area contributed by atoms with Crippen LogP contribution in [0.2, 0.25) is 0 Å². The lowest BCUT2D eigenvalue weighted by atomic mass is 9.70. The molecule has 4 aromatic rings. The van der Waals surface area contributed by atoms with Gasteiger partial charge in [-0.05, 0) is 157 Å². The molecule has 0 saturated carbocycles. The topological polar surface area (TPSA) is 25.8 Å². The highest BCUT2D eigenvalue weighted by molar-refractivity contribution is 14.1. The number of benzene rings is 2. The minimum atomic E-state index is 0.508. The Hall–Kier alpha value is 0.180. The summed E-state index contributed by atoms with van der Waals surface area (Å²) in [6, 6.07) is 13.6. The number of pyridine rings is 2. The standard InChI is InChI=1S/C23H14I4N2/c24-16-1-3-18(26)22-14(16)8-12-6-10-5-11(20(12)28-22)7-13-9-15-17(25)2-4-19(27)23(15)29-21(10)13/h1-4,8-11H,5-7H2. The van der Waals surface area contributed by atoms with E-state index in [0.29, 0.717) is 11.8 Å². The van der Waals surface area contributed by atoms with Gasteiger partial charge in [0.25, 0.3) is 0 Å². The molecule has 2 heterocycles. The number of nitrogens with zero attached hydrogens (tertiary/aromatic N) is 2. The first-order valence-corrected chi connectivity index (χ1v) is 13.9. The summed E-state index contributed by atoms with van der Waals surface area (Å²) in [5.41, 5.74) is 7.86. The van der Waals surface area contributed by atoms with Crippen LogP contribution < -0.4 is 0 Å². The van der Waals surface area contributed by atoms with Gasteiger partial charge in [-0.15, -0.1) is 0 Å². The third kappa shape index (κ3) is 3.16. The maximum Gasteiger partial charge on any atom is 0.0849 e. The second kappa shape index (κ2) is 7.36. The molecule has 29 heavy (non-hydrogen) atoms. The van der Waals surface area contributed by atoms with Crippen molar-refractivity contribution in [2.45, 2.75) is 31.1 Å². The fourth-order valence-corrected chi connectivity index (χ4v) is 7.35. The summed E-state index contributed by atoms with van der Waals surface area (Å²) in [7, 11) is 0. The van der Waals surface area contributed by atoms with Crippen LogP contribution >= 0.6 is 90.4 Å². The van der Waals surface area contributed by atoms with Crippen LogP contribution in [0.25, 0.3) is 21.8 Å². The van der Waals surface area contributed by atoms with Crippen molar-refractivity contribution in [3.05, 3.63) is 73.2 Å². The summed E-state index contributed by atoms with van der Waals surface area (Å²) < 4.78 is 5.07. The highest BCUT2D eigenvalue weighted by Crippen LogP contribution is 2.47. The summed E-state index contributed by atoms with van der Waals surface area (Å²) in [5, 5.41) is 2.60. The van der Waals surface area contributed by atoms with E-state index in [1.807, 2.05) is 0 Å². The molecule has 0 fully saturated rings. The van der Waals surface area contributed by atoms with Crippen LogP contribution in [-0.2, 0) is 12.8 Å². The molecule has 2 unspecified atom stereocenters. The van der Waals surface area contributed by atoms with E-state index >= 15 is 0 Å². The number of rotatable bonds is 0. The van der Waals surface area contributed by atoms with Gasteiger partial charge in [-0.25, -0.2) is 0 Å². The van der Waals surface area contributed by atoms with E-state index in [1.165, 1.54) is 65.0 Å². The lowest BCUT2D eigenvalue weighted by Crippen LogP contribution is -2.27. The average Bonchev–Trinajstić information content (AvgIpc) is 2.72. The molecule has 2 aliphatic rings. The highest BCUT2D eigenvalue weighted by Gasteiger charge is 2.36. The van der Waals surface area contributed by atoms with Crippen molar-refractivity contribution in [3.63, 3.8) is 0 Å². The van der Waals surface area contributed by atoms with E-state index < -0.39 is 0 Å². The third-order valence-electron chi connectivity index (χ3n) is 6.26. The second-order valence-corrected chi connectivity index (χ2v) is 12.6. The van der Waals surface area contributed by atoms with E-state index in [1.54, 1.807) is 0 Å². The minimum Gasteiger partial charge on any atom is -0.251 e. The fraction of sp³-hybridized carbons (Fsp3) is 0.217. The number of hydrogen-bond donors (Lipinski definition) is 0. The molecular weight excluding hydrogens is 812 g/mol. The summed E-state index contributed by atoms with van der Waals surface area (Å²) in [6.07, 6.45) is 3.29. The lowest BCUT2D eigenvalue weighted by molar-refractivity contribution is 0.441. The molecule has 2 aliphatic carbocycles. The van der Waals surface area contributed by atoms with Crippen LogP contribution in [0.4, 0.5) is 0 Å². The molecule has 2 aromatic heterocycles. The van der Waals surface area contributed by atoms with Crippen molar-refractivity contribution in [1.29, 1.82) is 0 Å². The van der Waals surface area contributed by atoms with Crippen molar-refractivity contribution < 1.29 is 0 Å².